The quantitative estimate of drug-likeness (QED) is 0.837. The van der Waals surface area contributed by atoms with E-state index >= 15 is 0 Å². The molecule has 0 aromatic carbocycles. The Hall–Kier alpha value is -1.01. The first kappa shape index (κ1) is 14.6. The van der Waals surface area contributed by atoms with Gasteiger partial charge in [-0.1, -0.05) is 6.07 Å². The van der Waals surface area contributed by atoms with Crippen molar-refractivity contribution in [2.45, 2.75) is 37.6 Å². The number of rotatable bonds is 3. The number of hydrogen-bond donors (Lipinski definition) is 0. The van der Waals surface area contributed by atoms with Crippen molar-refractivity contribution in [2.75, 3.05) is 39.5 Å². The molecule has 0 bridgehead atoms. The number of likely N-dealkylation sites (tertiary alicyclic amines) is 1. The summed E-state index contributed by atoms with van der Waals surface area (Å²) >= 11 is 0. The van der Waals surface area contributed by atoms with Crippen LogP contribution in [0.15, 0.2) is 24.5 Å². The average molecular weight is 303 g/mol. The van der Waals surface area contributed by atoms with E-state index in [1.807, 2.05) is 18.5 Å². The minimum atomic E-state index is 0.364. The fourth-order valence-electron chi connectivity index (χ4n) is 4.16. The van der Waals surface area contributed by atoms with Gasteiger partial charge in [-0.3, -0.25) is 14.8 Å². The third-order valence-electron chi connectivity index (χ3n) is 5.23. The molecule has 0 saturated carbocycles. The molecule has 3 aliphatic rings. The van der Waals surface area contributed by atoms with E-state index in [4.69, 9.17) is 9.47 Å². The number of morpholine rings is 1. The number of hydrogen-bond acceptors (Lipinski definition) is 5. The normalized spacial score (nSPS) is 33.7. The fourth-order valence-corrected chi connectivity index (χ4v) is 4.16. The lowest BCUT2D eigenvalue weighted by molar-refractivity contribution is -0.0593. The average Bonchev–Trinajstić information content (AvgIpc) is 2.96. The summed E-state index contributed by atoms with van der Waals surface area (Å²) in [5, 5.41) is 0. The summed E-state index contributed by atoms with van der Waals surface area (Å²) in [6, 6.07) is 5.28. The van der Waals surface area contributed by atoms with E-state index < -0.39 is 0 Å². The van der Waals surface area contributed by atoms with Gasteiger partial charge in [0.2, 0.25) is 0 Å². The molecular weight excluding hydrogens is 278 g/mol. The molecule has 3 saturated heterocycles. The van der Waals surface area contributed by atoms with Crippen LogP contribution in [0.1, 0.15) is 18.4 Å². The van der Waals surface area contributed by atoms with Crippen LogP contribution >= 0.6 is 0 Å². The largest absolute Gasteiger partial charge is 0.379 e. The van der Waals surface area contributed by atoms with Gasteiger partial charge in [0.15, 0.2) is 0 Å². The van der Waals surface area contributed by atoms with Gasteiger partial charge in [0.25, 0.3) is 0 Å². The van der Waals surface area contributed by atoms with Gasteiger partial charge in [0.1, 0.15) is 0 Å². The maximum Gasteiger partial charge on any atom is 0.0897 e. The van der Waals surface area contributed by atoms with E-state index in [0.29, 0.717) is 18.2 Å². The molecule has 5 heteroatoms. The van der Waals surface area contributed by atoms with Crippen LogP contribution < -0.4 is 0 Å². The molecule has 120 valence electrons. The molecule has 1 aromatic heterocycles. The number of pyridine rings is 1. The number of aromatic nitrogens is 1. The first-order chi connectivity index (χ1) is 10.9. The molecule has 4 rings (SSSR count). The summed E-state index contributed by atoms with van der Waals surface area (Å²) in [7, 11) is 0. The topological polar surface area (TPSA) is 37.8 Å². The zero-order chi connectivity index (χ0) is 14.8. The van der Waals surface area contributed by atoms with Gasteiger partial charge in [0, 0.05) is 51.2 Å². The highest BCUT2D eigenvalue weighted by Gasteiger charge is 2.46. The Morgan fingerprint density at radius 2 is 2.09 bits per heavy atom. The monoisotopic (exact) mass is 303 g/mol. The Morgan fingerprint density at radius 3 is 2.91 bits per heavy atom. The number of ether oxygens (including phenoxy) is 2. The highest BCUT2D eigenvalue weighted by molar-refractivity contribution is 5.11. The van der Waals surface area contributed by atoms with Crippen molar-refractivity contribution in [3.8, 4) is 0 Å². The highest BCUT2D eigenvalue weighted by atomic mass is 16.5. The molecule has 3 fully saturated rings. The van der Waals surface area contributed by atoms with Crippen molar-refractivity contribution in [2.24, 2.45) is 0 Å². The summed E-state index contributed by atoms with van der Waals surface area (Å²) in [4.78, 5) is 9.45. The number of fused-ring (bicyclic) bond motifs is 1. The van der Waals surface area contributed by atoms with Crippen molar-refractivity contribution >= 4 is 0 Å². The van der Waals surface area contributed by atoms with Gasteiger partial charge in [-0.15, -0.1) is 0 Å². The fraction of sp³-hybridized carbons (Fsp3) is 0.706. The predicted molar refractivity (Wildman–Crippen MR) is 83.6 cm³/mol. The van der Waals surface area contributed by atoms with Gasteiger partial charge in [-0.25, -0.2) is 0 Å². The van der Waals surface area contributed by atoms with Crippen molar-refractivity contribution < 1.29 is 9.47 Å². The van der Waals surface area contributed by atoms with Crippen LogP contribution in [0.25, 0.3) is 0 Å². The first-order valence-corrected chi connectivity index (χ1v) is 8.48. The van der Waals surface area contributed by atoms with Crippen LogP contribution in [-0.4, -0.2) is 72.4 Å². The van der Waals surface area contributed by atoms with E-state index in [-0.39, 0.29) is 0 Å². The summed E-state index contributed by atoms with van der Waals surface area (Å²) in [5.74, 6) is 0. The molecule has 0 spiro atoms. The number of nitrogens with zero attached hydrogens (tertiary/aromatic N) is 3. The second-order valence-corrected chi connectivity index (χ2v) is 6.55. The first-order valence-electron chi connectivity index (χ1n) is 8.48. The lowest BCUT2D eigenvalue weighted by Crippen LogP contribution is -2.51. The Kier molecular flexibility index (Phi) is 4.39. The van der Waals surface area contributed by atoms with Crippen molar-refractivity contribution in [3.05, 3.63) is 30.1 Å². The Labute approximate surface area is 132 Å². The second kappa shape index (κ2) is 6.62. The van der Waals surface area contributed by atoms with Gasteiger partial charge < -0.3 is 9.47 Å². The van der Waals surface area contributed by atoms with Crippen molar-refractivity contribution in [1.82, 2.24) is 14.8 Å². The summed E-state index contributed by atoms with van der Waals surface area (Å²) in [6.45, 7) is 6.80. The maximum atomic E-state index is 6.20. The van der Waals surface area contributed by atoms with E-state index in [0.717, 1.165) is 46.0 Å². The van der Waals surface area contributed by atoms with E-state index in [1.54, 1.807) is 0 Å². The van der Waals surface area contributed by atoms with E-state index in [9.17, 15) is 0 Å². The molecule has 0 radical (unpaired) electrons. The van der Waals surface area contributed by atoms with Crippen molar-refractivity contribution in [3.63, 3.8) is 0 Å². The highest BCUT2D eigenvalue weighted by Crippen LogP contribution is 2.33. The molecule has 1 aromatic rings. The lowest BCUT2D eigenvalue weighted by atomic mass is 9.99. The molecule has 5 nitrogen and oxygen atoms in total. The maximum absolute atomic E-state index is 6.20. The molecule has 0 amide bonds. The van der Waals surface area contributed by atoms with Gasteiger partial charge in [-0.2, -0.15) is 0 Å². The minimum Gasteiger partial charge on any atom is -0.379 e. The predicted octanol–water partition coefficient (Wildman–Crippen LogP) is 1.15. The molecular formula is C17H25N3O2. The lowest BCUT2D eigenvalue weighted by Gasteiger charge is -2.37. The summed E-state index contributed by atoms with van der Waals surface area (Å²) in [5.41, 5.74) is 1.30. The molecule has 3 aliphatic heterocycles. The summed E-state index contributed by atoms with van der Waals surface area (Å²) < 4.78 is 11.7. The standard InChI is InChI=1S/C17H25N3O2/c1-3-14(11-18-5-1)12-20-13-16(19-6-9-21-10-7-19)17-15(20)4-2-8-22-17/h1,3,5,11,15-17H,2,4,6-10,12-13H2/t15-,16-,17+/m0/s1. The molecule has 0 aliphatic carbocycles. The van der Waals surface area contributed by atoms with Crippen LogP contribution in [0.5, 0.6) is 0 Å². The van der Waals surface area contributed by atoms with Crippen LogP contribution in [0.3, 0.4) is 0 Å². The molecule has 0 N–H and O–H groups in total. The third-order valence-corrected chi connectivity index (χ3v) is 5.23. The molecule has 22 heavy (non-hydrogen) atoms. The molecule has 3 atom stereocenters. The van der Waals surface area contributed by atoms with Gasteiger partial charge in [0.05, 0.1) is 25.4 Å². The smallest absolute Gasteiger partial charge is 0.0897 e. The Bertz CT molecular complexity index is 478. The molecule has 4 heterocycles. The van der Waals surface area contributed by atoms with Crippen LogP contribution in [-0.2, 0) is 16.0 Å². The van der Waals surface area contributed by atoms with Crippen LogP contribution in [0.4, 0.5) is 0 Å². The van der Waals surface area contributed by atoms with Gasteiger partial charge >= 0.3 is 0 Å². The Morgan fingerprint density at radius 1 is 1.18 bits per heavy atom. The summed E-state index contributed by atoms with van der Waals surface area (Å²) in [6.07, 6.45) is 6.63. The second-order valence-electron chi connectivity index (χ2n) is 6.55. The van der Waals surface area contributed by atoms with E-state index in [1.165, 1.54) is 18.4 Å². The van der Waals surface area contributed by atoms with Crippen LogP contribution in [0.2, 0.25) is 0 Å². The zero-order valence-electron chi connectivity index (χ0n) is 13.1. The van der Waals surface area contributed by atoms with Crippen molar-refractivity contribution in [1.29, 1.82) is 0 Å². The SMILES string of the molecule is c1cncc(CN2C[C@H](N3CCOCC3)[C@@H]3OCCC[C@@H]32)c1. The Balaban J connectivity index is 1.49. The van der Waals surface area contributed by atoms with Gasteiger partial charge in [-0.05, 0) is 24.5 Å². The van der Waals surface area contributed by atoms with Crippen LogP contribution in [0, 0.1) is 0 Å². The third kappa shape index (κ3) is 2.91. The molecule has 0 unspecified atom stereocenters. The minimum absolute atomic E-state index is 0.364. The van der Waals surface area contributed by atoms with E-state index in [2.05, 4.69) is 20.9 Å². The zero-order valence-corrected chi connectivity index (χ0v) is 13.1.